The number of nitrogens with one attached hydrogen (secondary N) is 1. The van der Waals surface area contributed by atoms with Crippen LogP contribution in [0, 0.1) is 11.3 Å². The number of carbonyl (C=O) groups excluding carboxylic acids is 4. The number of amides is 2. The zero-order chi connectivity index (χ0) is 41.6. The van der Waals surface area contributed by atoms with Gasteiger partial charge in [0.15, 0.2) is 5.78 Å². The molecule has 13 heteroatoms. The maximum Gasteiger partial charge on any atom is 0.251 e. The Morgan fingerprint density at radius 2 is 1.29 bits per heavy atom. The monoisotopic (exact) mass is 809 g/mol. The van der Waals surface area contributed by atoms with Gasteiger partial charge in [-0.2, -0.15) is 0 Å². The van der Waals surface area contributed by atoms with Gasteiger partial charge in [-0.05, 0) is 49.6 Å². The number of para-hydroxylation sites is 2. The molecule has 1 aliphatic heterocycles. The highest BCUT2D eigenvalue weighted by Gasteiger charge is 2.39. The van der Waals surface area contributed by atoms with Crippen LogP contribution in [-0.2, 0) is 49.2 Å². The molecule has 1 saturated carbocycles. The van der Waals surface area contributed by atoms with Gasteiger partial charge in [0.2, 0.25) is 5.91 Å². The maximum absolute atomic E-state index is 14.3. The number of hydrogen-bond donors (Lipinski definition) is 1. The van der Waals surface area contributed by atoms with E-state index in [1.807, 2.05) is 58.0 Å². The Morgan fingerprint density at radius 3 is 1.88 bits per heavy atom. The maximum atomic E-state index is 14.3. The van der Waals surface area contributed by atoms with E-state index in [1.54, 1.807) is 23.1 Å². The molecule has 2 aromatic rings. The van der Waals surface area contributed by atoms with Crippen molar-refractivity contribution in [2.24, 2.45) is 11.3 Å². The summed E-state index contributed by atoms with van der Waals surface area (Å²) in [6.45, 7) is 14.1. The first kappa shape index (κ1) is 47.0. The molecular weight excluding hydrogens is 743 g/mol. The second-order valence-electron chi connectivity index (χ2n) is 15.9. The largest absolute Gasteiger partial charge is 0.379 e. The highest BCUT2D eigenvalue weighted by Crippen LogP contribution is 2.39. The number of nitrogens with zero attached hydrogens (tertiary/aromatic N) is 2. The summed E-state index contributed by atoms with van der Waals surface area (Å²) in [5.74, 6) is -1.20. The van der Waals surface area contributed by atoms with Crippen LogP contribution >= 0.6 is 0 Å². The summed E-state index contributed by atoms with van der Waals surface area (Å²) in [5.41, 5.74) is 2.20. The fraction of sp³-hybridized carbons (Fsp3) is 0.644. The molecule has 1 N–H and O–H groups in total. The Hall–Kier alpha value is -3.72. The zero-order valence-corrected chi connectivity index (χ0v) is 35.3. The Labute approximate surface area is 345 Å². The minimum atomic E-state index is -0.622. The van der Waals surface area contributed by atoms with Gasteiger partial charge in [-0.15, -0.1) is 0 Å². The van der Waals surface area contributed by atoms with Gasteiger partial charge in [-0.3, -0.25) is 19.2 Å². The van der Waals surface area contributed by atoms with Gasteiger partial charge < -0.3 is 43.5 Å². The summed E-state index contributed by atoms with van der Waals surface area (Å²) >= 11 is 0. The van der Waals surface area contributed by atoms with Crippen molar-refractivity contribution >= 4 is 34.8 Å². The first-order valence-electron chi connectivity index (χ1n) is 21.1. The number of Topliss-reactive ketones (excluding diaryl/α,β-unsaturated/α-hetero) is 2. The summed E-state index contributed by atoms with van der Waals surface area (Å²) in [5, 5.41) is 2.87. The van der Waals surface area contributed by atoms with E-state index in [9.17, 15) is 19.2 Å². The van der Waals surface area contributed by atoms with Crippen LogP contribution in [-0.4, -0.2) is 128 Å². The quantitative estimate of drug-likeness (QED) is 0.115. The second-order valence-corrected chi connectivity index (χ2v) is 15.9. The highest BCUT2D eigenvalue weighted by molar-refractivity contribution is 6.06. The van der Waals surface area contributed by atoms with Gasteiger partial charge in [0.25, 0.3) is 5.91 Å². The van der Waals surface area contributed by atoms with Crippen molar-refractivity contribution in [1.29, 1.82) is 0 Å². The van der Waals surface area contributed by atoms with E-state index >= 15 is 0 Å². The third kappa shape index (κ3) is 16.1. The van der Waals surface area contributed by atoms with E-state index in [-0.39, 0.29) is 48.8 Å². The smallest absolute Gasteiger partial charge is 0.251 e. The van der Waals surface area contributed by atoms with Crippen molar-refractivity contribution < 1.29 is 47.6 Å². The number of ketones is 2. The topological polar surface area (TPSA) is 142 Å². The average molecular weight is 810 g/mol. The van der Waals surface area contributed by atoms with Gasteiger partial charge in [-0.1, -0.05) is 64.3 Å². The van der Waals surface area contributed by atoms with Crippen LogP contribution in [0.5, 0.6) is 0 Å². The van der Waals surface area contributed by atoms with E-state index in [4.69, 9.17) is 28.4 Å². The SMILES string of the molecule is CCOCCOCCOCCOCCOCCOCCNC(=O)c1cccc(CC(=O)C[C@@H]2CN(C3CCCCC3)c3ccccc3N(CC(=O)C(C)(C)C)C2=O)c1. The van der Waals surface area contributed by atoms with E-state index in [0.29, 0.717) is 103 Å². The van der Waals surface area contributed by atoms with Crippen molar-refractivity contribution in [2.75, 3.05) is 109 Å². The van der Waals surface area contributed by atoms with E-state index in [0.717, 1.165) is 37.1 Å². The van der Waals surface area contributed by atoms with Crippen LogP contribution in [0.2, 0.25) is 0 Å². The van der Waals surface area contributed by atoms with E-state index in [2.05, 4.69) is 10.2 Å². The van der Waals surface area contributed by atoms with E-state index < -0.39 is 11.3 Å². The fourth-order valence-corrected chi connectivity index (χ4v) is 7.10. The normalized spacial score (nSPS) is 16.3. The molecule has 1 aliphatic carbocycles. The molecule has 0 unspecified atom stereocenters. The molecule has 1 atom stereocenters. The zero-order valence-electron chi connectivity index (χ0n) is 35.3. The third-order valence-electron chi connectivity index (χ3n) is 10.3. The Balaban J connectivity index is 1.18. The molecular formula is C45H67N3O10. The van der Waals surface area contributed by atoms with Crippen molar-refractivity contribution in [3.8, 4) is 0 Å². The van der Waals surface area contributed by atoms with E-state index in [1.165, 1.54) is 6.42 Å². The van der Waals surface area contributed by atoms with Gasteiger partial charge in [0.1, 0.15) is 5.78 Å². The van der Waals surface area contributed by atoms with Crippen molar-refractivity contribution in [1.82, 2.24) is 5.32 Å². The van der Waals surface area contributed by atoms with Crippen molar-refractivity contribution in [3.63, 3.8) is 0 Å². The Bertz CT molecular complexity index is 1560. The minimum absolute atomic E-state index is 0.0372. The Kier molecular flexibility index (Phi) is 20.8. The lowest BCUT2D eigenvalue weighted by Gasteiger charge is -2.37. The van der Waals surface area contributed by atoms with Crippen LogP contribution in [0.25, 0.3) is 0 Å². The molecule has 2 aromatic carbocycles. The standard InChI is InChI=1S/C45H67N3O10/c1-5-53-20-21-55-24-25-57-28-29-58-27-26-56-23-22-54-19-18-46-43(51)36-13-11-12-35(30-36)31-39(49)32-37-33-47(38-14-7-6-8-15-38)40-16-9-10-17-41(40)48(44(37)52)34-42(50)45(2,3)4/h9-13,16-17,30,37-38H,5-8,14-15,18-29,31-34H2,1-4H3,(H,46,51)/t37-/m1/s1. The summed E-state index contributed by atoms with van der Waals surface area (Å²) in [6, 6.07) is 15.1. The van der Waals surface area contributed by atoms with Crippen LogP contribution in [0.4, 0.5) is 11.4 Å². The molecule has 0 spiro atoms. The second kappa shape index (κ2) is 25.7. The molecule has 0 bridgehead atoms. The molecule has 13 nitrogen and oxygen atoms in total. The first-order chi connectivity index (χ1) is 28.1. The molecule has 322 valence electrons. The molecule has 4 rings (SSSR count). The predicted molar refractivity (Wildman–Crippen MR) is 224 cm³/mol. The molecule has 0 radical (unpaired) electrons. The minimum Gasteiger partial charge on any atom is -0.379 e. The number of hydrogen-bond acceptors (Lipinski definition) is 11. The number of rotatable bonds is 27. The molecule has 2 aliphatic rings. The van der Waals surface area contributed by atoms with Gasteiger partial charge >= 0.3 is 0 Å². The average Bonchev–Trinajstić information content (AvgIpc) is 3.32. The predicted octanol–water partition coefficient (Wildman–Crippen LogP) is 5.45. The number of fused-ring (bicyclic) bond motifs is 1. The first-order valence-corrected chi connectivity index (χ1v) is 21.1. The summed E-state index contributed by atoms with van der Waals surface area (Å²) in [7, 11) is 0. The third-order valence-corrected chi connectivity index (χ3v) is 10.3. The lowest BCUT2D eigenvalue weighted by atomic mass is 9.90. The highest BCUT2D eigenvalue weighted by atomic mass is 16.6. The van der Waals surface area contributed by atoms with Gasteiger partial charge in [0.05, 0.1) is 96.5 Å². The van der Waals surface area contributed by atoms with Gasteiger partial charge in [0, 0.05) is 49.6 Å². The summed E-state index contributed by atoms with van der Waals surface area (Å²) in [4.78, 5) is 58.3. The number of anilines is 2. The lowest BCUT2D eigenvalue weighted by molar-refractivity contribution is -0.129. The van der Waals surface area contributed by atoms with Crippen molar-refractivity contribution in [3.05, 3.63) is 59.7 Å². The molecule has 0 aromatic heterocycles. The number of carbonyl (C=O) groups is 4. The molecule has 0 saturated heterocycles. The summed E-state index contributed by atoms with van der Waals surface area (Å²) in [6.07, 6.45) is 5.64. The molecule has 1 fully saturated rings. The molecule has 2 amide bonds. The van der Waals surface area contributed by atoms with Gasteiger partial charge in [-0.25, -0.2) is 0 Å². The molecule has 58 heavy (non-hydrogen) atoms. The van der Waals surface area contributed by atoms with Crippen LogP contribution in [0.1, 0.15) is 82.1 Å². The fourth-order valence-electron chi connectivity index (χ4n) is 7.10. The van der Waals surface area contributed by atoms with Crippen LogP contribution in [0.3, 0.4) is 0 Å². The van der Waals surface area contributed by atoms with Crippen molar-refractivity contribution in [2.45, 2.75) is 78.7 Å². The number of benzene rings is 2. The van der Waals surface area contributed by atoms with Crippen LogP contribution in [0.15, 0.2) is 48.5 Å². The summed E-state index contributed by atoms with van der Waals surface area (Å²) < 4.78 is 32.7. The lowest BCUT2D eigenvalue weighted by Crippen LogP contribution is -2.45. The Morgan fingerprint density at radius 1 is 0.724 bits per heavy atom. The van der Waals surface area contributed by atoms with Crippen LogP contribution < -0.4 is 15.1 Å². The molecule has 1 heterocycles. The number of ether oxygens (including phenoxy) is 6.